The van der Waals surface area contributed by atoms with Crippen LogP contribution < -0.4 is 15.4 Å². The molecule has 8 heteroatoms. The third kappa shape index (κ3) is 5.72. The number of esters is 1. The summed E-state index contributed by atoms with van der Waals surface area (Å²) in [5, 5.41) is 5.69. The maximum atomic E-state index is 12.5. The third-order valence-electron chi connectivity index (χ3n) is 3.91. The Morgan fingerprint density at radius 3 is 2.29 bits per heavy atom. The van der Waals surface area contributed by atoms with E-state index < -0.39 is 17.9 Å². The maximum absolute atomic E-state index is 12.5. The normalized spacial score (nSPS) is 11.3. The first-order chi connectivity index (χ1) is 13.3. The van der Waals surface area contributed by atoms with E-state index in [9.17, 15) is 14.4 Å². The lowest BCUT2D eigenvalue weighted by Crippen LogP contribution is -2.43. The molecule has 2 amide bonds. The quantitative estimate of drug-likeness (QED) is 0.692. The molecule has 0 saturated heterocycles. The number of carbonyl (C=O) groups excluding carboxylic acids is 3. The number of hydrogen-bond acceptors (Lipinski definition) is 5. The molecule has 2 rings (SSSR count). The minimum absolute atomic E-state index is 0.200. The van der Waals surface area contributed by atoms with Gasteiger partial charge in [0.15, 0.2) is 0 Å². The van der Waals surface area contributed by atoms with E-state index >= 15 is 0 Å². The summed E-state index contributed by atoms with van der Waals surface area (Å²) in [5.41, 5.74) is 1.65. The molecule has 0 fully saturated rings. The highest BCUT2D eigenvalue weighted by molar-refractivity contribution is 6.32. The highest BCUT2D eigenvalue weighted by Crippen LogP contribution is 2.25. The number of anilines is 1. The van der Waals surface area contributed by atoms with Gasteiger partial charge >= 0.3 is 5.97 Å². The number of ether oxygens (including phenoxy) is 2. The molecule has 7 nitrogen and oxygen atoms in total. The molecule has 0 radical (unpaired) electrons. The highest BCUT2D eigenvalue weighted by atomic mass is 35.5. The van der Waals surface area contributed by atoms with Gasteiger partial charge in [-0.3, -0.25) is 9.59 Å². The van der Waals surface area contributed by atoms with Crippen LogP contribution >= 0.6 is 11.6 Å². The lowest BCUT2D eigenvalue weighted by Gasteiger charge is -2.17. The van der Waals surface area contributed by atoms with Crippen molar-refractivity contribution in [2.45, 2.75) is 19.4 Å². The first-order valence-electron chi connectivity index (χ1n) is 8.42. The third-order valence-corrected chi connectivity index (χ3v) is 4.21. The topological polar surface area (TPSA) is 93.7 Å². The van der Waals surface area contributed by atoms with Crippen molar-refractivity contribution >= 4 is 35.1 Å². The first kappa shape index (κ1) is 21.2. The van der Waals surface area contributed by atoms with Gasteiger partial charge in [-0.05, 0) is 42.0 Å². The van der Waals surface area contributed by atoms with Crippen LogP contribution in [0.1, 0.15) is 22.8 Å². The van der Waals surface area contributed by atoms with E-state index in [4.69, 9.17) is 21.1 Å². The molecule has 0 spiro atoms. The predicted octanol–water partition coefficient (Wildman–Crippen LogP) is 2.82. The van der Waals surface area contributed by atoms with Crippen molar-refractivity contribution in [1.29, 1.82) is 0 Å². The van der Waals surface area contributed by atoms with Gasteiger partial charge in [0.05, 0.1) is 19.2 Å². The Kier molecular flexibility index (Phi) is 7.40. The Balaban J connectivity index is 2.13. The minimum Gasteiger partial charge on any atom is -0.495 e. The number of rotatable bonds is 7. The zero-order chi connectivity index (χ0) is 20.7. The van der Waals surface area contributed by atoms with Crippen molar-refractivity contribution in [3.05, 3.63) is 58.6 Å². The molecule has 0 aliphatic heterocycles. The second-order valence-electron chi connectivity index (χ2n) is 5.98. The molecule has 0 heterocycles. The van der Waals surface area contributed by atoms with E-state index in [1.165, 1.54) is 21.1 Å². The Morgan fingerprint density at radius 1 is 1.07 bits per heavy atom. The second kappa shape index (κ2) is 9.75. The van der Waals surface area contributed by atoms with E-state index in [0.717, 1.165) is 5.56 Å². The summed E-state index contributed by atoms with van der Waals surface area (Å²) in [4.78, 5) is 35.7. The number of carbonyl (C=O) groups is 3. The molecule has 0 bridgehead atoms. The summed E-state index contributed by atoms with van der Waals surface area (Å²) < 4.78 is 9.91. The molecular weight excluding hydrogens is 384 g/mol. The summed E-state index contributed by atoms with van der Waals surface area (Å²) in [6.07, 6.45) is 0.200. The number of amides is 2. The van der Waals surface area contributed by atoms with Crippen LogP contribution in [0.5, 0.6) is 5.75 Å². The Hall–Kier alpha value is -3.06. The molecule has 28 heavy (non-hydrogen) atoms. The Morgan fingerprint density at radius 2 is 1.75 bits per heavy atom. The van der Waals surface area contributed by atoms with Crippen molar-refractivity contribution in [3.63, 3.8) is 0 Å². The van der Waals surface area contributed by atoms with E-state index in [1.54, 1.807) is 42.5 Å². The van der Waals surface area contributed by atoms with Crippen LogP contribution in [0, 0.1) is 0 Å². The van der Waals surface area contributed by atoms with Crippen LogP contribution in [-0.4, -0.2) is 38.0 Å². The lowest BCUT2D eigenvalue weighted by molar-refractivity contribution is -0.142. The fraction of sp³-hybridized carbons (Fsp3) is 0.250. The predicted molar refractivity (Wildman–Crippen MR) is 106 cm³/mol. The molecular formula is C20H21ClN2O5. The Bertz CT molecular complexity index is 867. The van der Waals surface area contributed by atoms with Crippen LogP contribution in [0.15, 0.2) is 42.5 Å². The number of methoxy groups -OCH3 is 2. The minimum atomic E-state index is -0.892. The standard InChI is InChI=1S/C20H21ClN2O5/c1-12(24)22-15-7-5-14(6-8-15)19(25)23-17(20(26)28-3)11-13-4-9-18(27-2)16(21)10-13/h4-10,17H,11H2,1-3H3,(H,22,24)(H,23,25)/t17-/m1/s1. The van der Waals surface area contributed by atoms with Crippen molar-refractivity contribution in [2.24, 2.45) is 0 Å². The molecule has 0 aliphatic rings. The maximum Gasteiger partial charge on any atom is 0.328 e. The fourth-order valence-corrected chi connectivity index (χ4v) is 2.84. The average molecular weight is 405 g/mol. The zero-order valence-corrected chi connectivity index (χ0v) is 16.5. The van der Waals surface area contributed by atoms with Crippen LogP contribution in [0.25, 0.3) is 0 Å². The van der Waals surface area contributed by atoms with Gasteiger partial charge in [-0.25, -0.2) is 4.79 Å². The van der Waals surface area contributed by atoms with E-state index in [1.807, 2.05) is 0 Å². The smallest absolute Gasteiger partial charge is 0.328 e. The van der Waals surface area contributed by atoms with E-state index in [2.05, 4.69) is 10.6 Å². The average Bonchev–Trinajstić information content (AvgIpc) is 2.67. The van der Waals surface area contributed by atoms with Crippen molar-refractivity contribution in [3.8, 4) is 5.75 Å². The lowest BCUT2D eigenvalue weighted by atomic mass is 10.0. The van der Waals surface area contributed by atoms with Gasteiger partial charge in [0.1, 0.15) is 11.8 Å². The summed E-state index contributed by atoms with van der Waals surface area (Å²) in [5.74, 6) is -0.705. The molecule has 0 unspecified atom stereocenters. The summed E-state index contributed by atoms with van der Waals surface area (Å²) in [7, 11) is 2.76. The first-order valence-corrected chi connectivity index (χ1v) is 8.80. The Labute approximate surface area is 168 Å². The second-order valence-corrected chi connectivity index (χ2v) is 6.39. The molecule has 2 aromatic rings. The molecule has 0 saturated carbocycles. The van der Waals surface area contributed by atoms with Gasteiger partial charge in [0.2, 0.25) is 5.91 Å². The highest BCUT2D eigenvalue weighted by Gasteiger charge is 2.23. The number of halogens is 1. The van der Waals surface area contributed by atoms with Gasteiger partial charge in [-0.15, -0.1) is 0 Å². The van der Waals surface area contributed by atoms with Gasteiger partial charge in [-0.1, -0.05) is 17.7 Å². The van der Waals surface area contributed by atoms with Gasteiger partial charge < -0.3 is 20.1 Å². The van der Waals surface area contributed by atoms with Crippen LogP contribution in [-0.2, 0) is 20.7 Å². The zero-order valence-electron chi connectivity index (χ0n) is 15.7. The number of benzene rings is 2. The van der Waals surface area contributed by atoms with Gasteiger partial charge in [0.25, 0.3) is 5.91 Å². The molecule has 1 atom stereocenters. The van der Waals surface area contributed by atoms with Crippen LogP contribution in [0.4, 0.5) is 5.69 Å². The van der Waals surface area contributed by atoms with Crippen LogP contribution in [0.3, 0.4) is 0 Å². The molecule has 0 aromatic heterocycles. The monoisotopic (exact) mass is 404 g/mol. The largest absolute Gasteiger partial charge is 0.495 e. The molecule has 2 N–H and O–H groups in total. The SMILES string of the molecule is COC(=O)[C@@H](Cc1ccc(OC)c(Cl)c1)NC(=O)c1ccc(NC(C)=O)cc1. The van der Waals surface area contributed by atoms with E-state index in [0.29, 0.717) is 22.0 Å². The summed E-state index contributed by atoms with van der Waals surface area (Å²) in [6.45, 7) is 1.40. The van der Waals surface area contributed by atoms with E-state index in [-0.39, 0.29) is 12.3 Å². The van der Waals surface area contributed by atoms with Crippen molar-refractivity contribution < 1.29 is 23.9 Å². The number of hydrogen-bond donors (Lipinski definition) is 2. The summed E-state index contributed by atoms with van der Waals surface area (Å²) in [6, 6.07) is 10.5. The molecule has 0 aliphatic carbocycles. The fourth-order valence-electron chi connectivity index (χ4n) is 2.56. The van der Waals surface area contributed by atoms with Crippen LogP contribution in [0.2, 0.25) is 5.02 Å². The molecule has 148 valence electrons. The van der Waals surface area contributed by atoms with Gasteiger partial charge in [-0.2, -0.15) is 0 Å². The van der Waals surface area contributed by atoms with Crippen molar-refractivity contribution in [1.82, 2.24) is 5.32 Å². The summed E-state index contributed by atoms with van der Waals surface area (Å²) >= 11 is 6.12. The van der Waals surface area contributed by atoms with Gasteiger partial charge in [0, 0.05) is 24.6 Å². The number of nitrogens with one attached hydrogen (secondary N) is 2. The molecule has 2 aromatic carbocycles. The van der Waals surface area contributed by atoms with Crippen molar-refractivity contribution in [2.75, 3.05) is 19.5 Å².